The summed E-state index contributed by atoms with van der Waals surface area (Å²) in [6.07, 6.45) is 2.00. The Morgan fingerprint density at radius 1 is 1.16 bits per heavy atom. The van der Waals surface area contributed by atoms with Gasteiger partial charge in [-0.1, -0.05) is 32.0 Å². The number of amides is 2. The van der Waals surface area contributed by atoms with Gasteiger partial charge < -0.3 is 14.8 Å². The molecular formula is C23H28BrN3O4. The summed E-state index contributed by atoms with van der Waals surface area (Å²) in [7, 11) is 1.59. The number of rotatable bonds is 10. The molecule has 2 rings (SSSR count). The van der Waals surface area contributed by atoms with E-state index in [4.69, 9.17) is 9.47 Å². The molecule has 0 heterocycles. The van der Waals surface area contributed by atoms with Crippen molar-refractivity contribution in [3.63, 3.8) is 0 Å². The number of para-hydroxylation sites is 1. The average molecular weight is 490 g/mol. The van der Waals surface area contributed by atoms with Crippen LogP contribution in [0.1, 0.15) is 31.4 Å². The second-order valence-electron chi connectivity index (χ2n) is 7.43. The fourth-order valence-corrected chi connectivity index (χ4v) is 3.37. The van der Waals surface area contributed by atoms with Crippen LogP contribution < -0.4 is 20.2 Å². The lowest BCUT2D eigenvalue weighted by Gasteiger charge is -2.19. The van der Waals surface area contributed by atoms with E-state index in [1.807, 2.05) is 51.1 Å². The molecule has 0 aromatic heterocycles. The Bertz CT molecular complexity index is 931. The molecule has 0 bridgehead atoms. The highest BCUT2D eigenvalue weighted by molar-refractivity contribution is 9.10. The molecule has 31 heavy (non-hydrogen) atoms. The van der Waals surface area contributed by atoms with Crippen molar-refractivity contribution in [1.82, 2.24) is 10.7 Å². The number of ether oxygens (including phenoxy) is 2. The maximum Gasteiger partial charge on any atom is 0.262 e. The minimum Gasteiger partial charge on any atom is -0.496 e. The van der Waals surface area contributed by atoms with E-state index in [2.05, 4.69) is 31.8 Å². The first kappa shape index (κ1) is 24.4. The van der Waals surface area contributed by atoms with Gasteiger partial charge in [-0.25, -0.2) is 5.43 Å². The first-order valence-electron chi connectivity index (χ1n) is 9.94. The van der Waals surface area contributed by atoms with Crippen molar-refractivity contribution in [3.8, 4) is 11.5 Å². The zero-order valence-corrected chi connectivity index (χ0v) is 19.7. The number of benzene rings is 2. The summed E-state index contributed by atoms with van der Waals surface area (Å²) in [5, 5.41) is 6.75. The number of methoxy groups -OCH3 is 1. The lowest BCUT2D eigenvalue weighted by atomic mass is 10.0. The zero-order valence-electron chi connectivity index (χ0n) is 18.1. The molecule has 8 heteroatoms. The number of hydrogen-bond donors (Lipinski definition) is 2. The van der Waals surface area contributed by atoms with Crippen LogP contribution in [0, 0.1) is 12.8 Å². The summed E-state index contributed by atoms with van der Waals surface area (Å²) in [6.45, 7) is 5.69. The third kappa shape index (κ3) is 8.05. The summed E-state index contributed by atoms with van der Waals surface area (Å²) in [6, 6.07) is 12.2. The fourth-order valence-electron chi connectivity index (χ4n) is 2.81. The minimum atomic E-state index is -0.715. The molecule has 1 atom stereocenters. The van der Waals surface area contributed by atoms with E-state index in [0.29, 0.717) is 17.9 Å². The van der Waals surface area contributed by atoms with Crippen LogP contribution in [0.2, 0.25) is 0 Å². The lowest BCUT2D eigenvalue weighted by molar-refractivity contribution is -0.130. The van der Waals surface area contributed by atoms with Gasteiger partial charge in [-0.05, 0) is 70.6 Å². The maximum absolute atomic E-state index is 12.6. The van der Waals surface area contributed by atoms with Gasteiger partial charge in [0.1, 0.15) is 17.5 Å². The molecule has 0 radical (unpaired) electrons. The Labute approximate surface area is 191 Å². The largest absolute Gasteiger partial charge is 0.496 e. The highest BCUT2D eigenvalue weighted by atomic mass is 79.9. The third-order valence-electron chi connectivity index (χ3n) is 4.38. The molecule has 0 spiro atoms. The predicted molar refractivity (Wildman–Crippen MR) is 124 cm³/mol. The molecule has 2 N–H and O–H groups in total. The van der Waals surface area contributed by atoms with Gasteiger partial charge in [-0.15, -0.1) is 0 Å². The first-order chi connectivity index (χ1) is 14.8. The van der Waals surface area contributed by atoms with Gasteiger partial charge in [-0.2, -0.15) is 5.10 Å². The summed E-state index contributed by atoms with van der Waals surface area (Å²) in [5.41, 5.74) is 4.22. The molecule has 0 saturated heterocycles. The van der Waals surface area contributed by atoms with E-state index >= 15 is 0 Å². The Morgan fingerprint density at radius 3 is 2.55 bits per heavy atom. The summed E-state index contributed by atoms with van der Waals surface area (Å²) < 4.78 is 11.5. The van der Waals surface area contributed by atoms with Crippen LogP contribution in [0.5, 0.6) is 11.5 Å². The third-order valence-corrected chi connectivity index (χ3v) is 5.00. The van der Waals surface area contributed by atoms with Crippen molar-refractivity contribution in [2.24, 2.45) is 11.0 Å². The van der Waals surface area contributed by atoms with Crippen LogP contribution in [0.4, 0.5) is 0 Å². The predicted octanol–water partition coefficient (Wildman–Crippen LogP) is 3.83. The Hall–Kier alpha value is -2.87. The second-order valence-corrected chi connectivity index (χ2v) is 8.29. The summed E-state index contributed by atoms with van der Waals surface area (Å²) in [4.78, 5) is 24.9. The zero-order chi connectivity index (χ0) is 22.8. The van der Waals surface area contributed by atoms with Gasteiger partial charge in [0.15, 0.2) is 6.61 Å². The van der Waals surface area contributed by atoms with E-state index in [9.17, 15) is 9.59 Å². The van der Waals surface area contributed by atoms with E-state index in [0.717, 1.165) is 15.6 Å². The topological polar surface area (TPSA) is 89.0 Å². The van der Waals surface area contributed by atoms with Crippen LogP contribution >= 0.6 is 15.9 Å². The number of nitrogens with zero attached hydrogens (tertiary/aromatic N) is 1. The normalized spacial score (nSPS) is 11.9. The van der Waals surface area contributed by atoms with Crippen molar-refractivity contribution in [2.75, 3.05) is 13.7 Å². The highest BCUT2D eigenvalue weighted by Gasteiger charge is 2.22. The molecule has 2 aromatic rings. The standard InChI is InChI=1S/C23H28BrN3O4/c1-15(2)11-19(26-22(28)14-31-20-8-6-5-7-16(20)3)23(29)27-25-13-17-9-10-21(30-4)18(24)12-17/h5-10,12-13,15,19H,11,14H2,1-4H3,(H,26,28)(H,27,29)/b25-13-/t19-/m0/s1. The quantitative estimate of drug-likeness (QED) is 0.392. The van der Waals surface area contributed by atoms with E-state index in [-0.39, 0.29) is 24.3 Å². The van der Waals surface area contributed by atoms with Crippen LogP contribution in [0.3, 0.4) is 0 Å². The highest BCUT2D eigenvalue weighted by Crippen LogP contribution is 2.24. The molecule has 2 amide bonds. The van der Waals surface area contributed by atoms with Crippen LogP contribution in [0.25, 0.3) is 0 Å². The molecule has 0 fully saturated rings. The van der Waals surface area contributed by atoms with Gasteiger partial charge >= 0.3 is 0 Å². The van der Waals surface area contributed by atoms with Crippen molar-refractivity contribution in [3.05, 3.63) is 58.1 Å². The number of nitrogens with one attached hydrogen (secondary N) is 2. The van der Waals surface area contributed by atoms with Gasteiger partial charge in [-0.3, -0.25) is 9.59 Å². The van der Waals surface area contributed by atoms with E-state index in [1.165, 1.54) is 6.21 Å². The van der Waals surface area contributed by atoms with E-state index < -0.39 is 6.04 Å². The number of carbonyl (C=O) groups is 2. The van der Waals surface area contributed by atoms with Gasteiger partial charge in [0, 0.05) is 0 Å². The summed E-state index contributed by atoms with van der Waals surface area (Å²) in [5.74, 6) is 0.787. The van der Waals surface area contributed by atoms with E-state index in [1.54, 1.807) is 19.2 Å². The van der Waals surface area contributed by atoms with Crippen molar-refractivity contribution < 1.29 is 19.1 Å². The number of halogens is 1. The second kappa shape index (κ2) is 12.1. The molecular weight excluding hydrogens is 462 g/mol. The number of carbonyl (C=O) groups excluding carboxylic acids is 2. The molecule has 0 aliphatic rings. The smallest absolute Gasteiger partial charge is 0.262 e. The molecule has 2 aromatic carbocycles. The van der Waals surface area contributed by atoms with Crippen LogP contribution in [-0.4, -0.2) is 37.8 Å². The van der Waals surface area contributed by atoms with Crippen molar-refractivity contribution in [2.45, 2.75) is 33.2 Å². The Morgan fingerprint density at radius 2 is 1.90 bits per heavy atom. The molecule has 0 aliphatic carbocycles. The molecule has 0 saturated carbocycles. The Balaban J connectivity index is 1.94. The molecule has 166 valence electrons. The molecule has 0 aliphatic heterocycles. The minimum absolute atomic E-state index is 0.171. The van der Waals surface area contributed by atoms with Gasteiger partial charge in [0.05, 0.1) is 17.8 Å². The molecule has 0 unspecified atom stereocenters. The Kier molecular flexibility index (Phi) is 9.52. The number of hydrogen-bond acceptors (Lipinski definition) is 5. The van der Waals surface area contributed by atoms with Crippen molar-refractivity contribution >= 4 is 34.0 Å². The van der Waals surface area contributed by atoms with Crippen LogP contribution in [-0.2, 0) is 9.59 Å². The van der Waals surface area contributed by atoms with Crippen LogP contribution in [0.15, 0.2) is 52.0 Å². The molecule has 7 nitrogen and oxygen atoms in total. The SMILES string of the molecule is COc1ccc(/C=N\NC(=O)[C@H](CC(C)C)NC(=O)COc2ccccc2C)cc1Br. The van der Waals surface area contributed by atoms with Gasteiger partial charge in [0.25, 0.3) is 11.8 Å². The summed E-state index contributed by atoms with van der Waals surface area (Å²) >= 11 is 3.41. The number of aryl methyl sites for hydroxylation is 1. The fraction of sp³-hybridized carbons (Fsp3) is 0.348. The lowest BCUT2D eigenvalue weighted by Crippen LogP contribution is -2.47. The monoisotopic (exact) mass is 489 g/mol. The number of hydrazone groups is 1. The van der Waals surface area contributed by atoms with Gasteiger partial charge in [0.2, 0.25) is 0 Å². The maximum atomic E-state index is 12.6. The average Bonchev–Trinajstić information content (AvgIpc) is 2.72. The van der Waals surface area contributed by atoms with Crippen molar-refractivity contribution in [1.29, 1.82) is 0 Å². The first-order valence-corrected chi connectivity index (χ1v) is 10.7.